The van der Waals surface area contributed by atoms with Crippen LogP contribution in [0.2, 0.25) is 0 Å². The molecule has 0 bridgehead atoms. The lowest BCUT2D eigenvalue weighted by Gasteiger charge is -2.21. The van der Waals surface area contributed by atoms with Crippen LogP contribution in [-0.4, -0.2) is 51.5 Å². The minimum absolute atomic E-state index is 0.136. The number of ether oxygens (including phenoxy) is 1. The number of rotatable bonds is 8. The van der Waals surface area contributed by atoms with Crippen molar-refractivity contribution in [3.8, 4) is 0 Å². The number of hydrogen-bond acceptors (Lipinski definition) is 6. The molecule has 1 aromatic heterocycles. The molecule has 0 aliphatic heterocycles. The molecule has 0 radical (unpaired) electrons. The average molecular weight is 259 g/mol. The van der Waals surface area contributed by atoms with E-state index in [1.807, 2.05) is 16.4 Å². The highest BCUT2D eigenvalue weighted by Crippen LogP contribution is 2.22. The highest BCUT2D eigenvalue weighted by Gasteiger charge is 2.19. The molecule has 0 aliphatic rings. The number of hydrogen-bond donors (Lipinski definition) is 1. The van der Waals surface area contributed by atoms with Gasteiger partial charge in [0.1, 0.15) is 0 Å². The summed E-state index contributed by atoms with van der Waals surface area (Å²) in [5.74, 6) is 0.864. The van der Waals surface area contributed by atoms with Crippen molar-refractivity contribution in [3.05, 3.63) is 5.82 Å². The second kappa shape index (κ2) is 6.93. The van der Waals surface area contributed by atoms with Crippen molar-refractivity contribution < 1.29 is 4.74 Å². The van der Waals surface area contributed by atoms with Crippen LogP contribution in [0.1, 0.15) is 19.7 Å². The predicted molar refractivity (Wildman–Crippen MR) is 69.0 cm³/mol. The first-order chi connectivity index (χ1) is 8.09. The molecule has 6 nitrogen and oxygen atoms in total. The van der Waals surface area contributed by atoms with E-state index in [4.69, 9.17) is 4.74 Å². The molecule has 0 fully saturated rings. The summed E-state index contributed by atoms with van der Waals surface area (Å²) in [6, 6.07) is 0. The van der Waals surface area contributed by atoms with Crippen molar-refractivity contribution in [1.82, 2.24) is 25.5 Å². The second-order valence-electron chi connectivity index (χ2n) is 4.39. The summed E-state index contributed by atoms with van der Waals surface area (Å²) in [7, 11) is 1.69. The summed E-state index contributed by atoms with van der Waals surface area (Å²) in [5, 5.41) is 15.0. The van der Waals surface area contributed by atoms with Gasteiger partial charge in [0.05, 0.1) is 19.7 Å². The van der Waals surface area contributed by atoms with E-state index in [0.29, 0.717) is 13.2 Å². The Balaban J connectivity index is 2.48. The maximum atomic E-state index is 4.97. The van der Waals surface area contributed by atoms with E-state index >= 15 is 0 Å². The summed E-state index contributed by atoms with van der Waals surface area (Å²) in [4.78, 5) is 0. The van der Waals surface area contributed by atoms with Gasteiger partial charge in [0.15, 0.2) is 5.82 Å². The molecule has 0 spiro atoms. The van der Waals surface area contributed by atoms with Crippen LogP contribution >= 0.6 is 11.8 Å². The van der Waals surface area contributed by atoms with Crippen molar-refractivity contribution in [2.75, 3.05) is 26.5 Å². The Labute approximate surface area is 106 Å². The van der Waals surface area contributed by atoms with Gasteiger partial charge < -0.3 is 10.1 Å². The third kappa shape index (κ3) is 5.01. The molecule has 0 saturated heterocycles. The summed E-state index contributed by atoms with van der Waals surface area (Å²) in [6.45, 7) is 7.33. The van der Waals surface area contributed by atoms with Crippen LogP contribution in [0.4, 0.5) is 0 Å². The van der Waals surface area contributed by atoms with E-state index in [0.717, 1.165) is 18.9 Å². The molecular weight excluding hydrogens is 238 g/mol. The summed E-state index contributed by atoms with van der Waals surface area (Å²) in [5.41, 5.74) is 0. The quantitative estimate of drug-likeness (QED) is 0.688. The molecule has 1 heterocycles. The monoisotopic (exact) mass is 259 g/mol. The molecule has 1 aromatic rings. The van der Waals surface area contributed by atoms with Crippen molar-refractivity contribution >= 4 is 11.8 Å². The van der Waals surface area contributed by atoms with Gasteiger partial charge in [0, 0.05) is 18.4 Å². The van der Waals surface area contributed by atoms with Gasteiger partial charge in [0.25, 0.3) is 0 Å². The molecule has 17 heavy (non-hydrogen) atoms. The second-order valence-corrected chi connectivity index (χ2v) is 5.90. The number of nitrogens with one attached hydrogen (secondary N) is 1. The Morgan fingerprint density at radius 1 is 1.47 bits per heavy atom. The van der Waals surface area contributed by atoms with E-state index in [1.165, 1.54) is 0 Å². The van der Waals surface area contributed by atoms with Crippen LogP contribution in [0, 0.1) is 0 Å². The minimum atomic E-state index is 0.136. The Morgan fingerprint density at radius 2 is 2.24 bits per heavy atom. The van der Waals surface area contributed by atoms with Gasteiger partial charge in [0.2, 0.25) is 0 Å². The molecule has 0 aliphatic carbocycles. The fourth-order valence-electron chi connectivity index (χ4n) is 1.27. The Hall–Kier alpha value is -0.660. The van der Waals surface area contributed by atoms with Crippen molar-refractivity contribution in [2.24, 2.45) is 0 Å². The summed E-state index contributed by atoms with van der Waals surface area (Å²) in [6.07, 6.45) is 2.10. The zero-order valence-corrected chi connectivity index (χ0v) is 11.8. The highest BCUT2D eigenvalue weighted by molar-refractivity contribution is 7.99. The molecule has 7 heteroatoms. The Morgan fingerprint density at radius 3 is 2.88 bits per heavy atom. The lowest BCUT2D eigenvalue weighted by molar-refractivity contribution is 0.198. The van der Waals surface area contributed by atoms with Crippen LogP contribution in [0.15, 0.2) is 0 Å². The molecular formula is C10H21N5OS. The molecule has 98 valence electrons. The number of aromatic nitrogens is 4. The lowest BCUT2D eigenvalue weighted by Crippen LogP contribution is -2.27. The van der Waals surface area contributed by atoms with E-state index in [-0.39, 0.29) is 4.75 Å². The largest absolute Gasteiger partial charge is 0.383 e. The summed E-state index contributed by atoms with van der Waals surface area (Å²) >= 11 is 1.81. The molecule has 1 N–H and O–H groups in total. The highest BCUT2D eigenvalue weighted by atomic mass is 32.2. The third-order valence-corrected chi connectivity index (χ3v) is 3.69. The van der Waals surface area contributed by atoms with Gasteiger partial charge in [-0.3, -0.25) is 0 Å². The van der Waals surface area contributed by atoms with Crippen LogP contribution in [0.3, 0.4) is 0 Å². The van der Waals surface area contributed by atoms with Gasteiger partial charge in [-0.25, -0.2) is 4.68 Å². The van der Waals surface area contributed by atoms with Gasteiger partial charge in [-0.2, -0.15) is 11.8 Å². The average Bonchev–Trinajstić information content (AvgIpc) is 2.71. The maximum absolute atomic E-state index is 4.97. The molecule has 0 saturated carbocycles. The molecule has 0 atom stereocenters. The van der Waals surface area contributed by atoms with Gasteiger partial charge in [-0.1, -0.05) is 0 Å². The molecule has 0 unspecified atom stereocenters. The van der Waals surface area contributed by atoms with Crippen LogP contribution in [0.25, 0.3) is 0 Å². The van der Waals surface area contributed by atoms with Crippen LogP contribution in [-0.2, 0) is 17.8 Å². The summed E-state index contributed by atoms with van der Waals surface area (Å²) < 4.78 is 6.96. The van der Waals surface area contributed by atoms with Crippen molar-refractivity contribution in [3.63, 3.8) is 0 Å². The topological polar surface area (TPSA) is 64.9 Å². The standard InChI is InChI=1S/C10H21N5OS/c1-10(2,17-4)8-15-9(12-13-14-15)7-11-5-6-16-3/h11H,5-8H2,1-4H3. The molecule has 0 amide bonds. The van der Waals surface area contributed by atoms with E-state index < -0.39 is 0 Å². The SMILES string of the molecule is COCCNCc1nnnn1CC(C)(C)SC. The lowest BCUT2D eigenvalue weighted by atomic mass is 10.2. The first-order valence-electron chi connectivity index (χ1n) is 5.59. The van der Waals surface area contributed by atoms with Crippen molar-refractivity contribution in [1.29, 1.82) is 0 Å². The Kier molecular flexibility index (Phi) is 5.87. The predicted octanol–water partition coefficient (Wildman–Crippen LogP) is 0.551. The third-order valence-electron chi connectivity index (χ3n) is 2.46. The fourth-order valence-corrected chi connectivity index (χ4v) is 1.52. The first kappa shape index (κ1) is 14.4. The maximum Gasteiger partial charge on any atom is 0.165 e. The van der Waals surface area contributed by atoms with Gasteiger partial charge in [-0.05, 0) is 30.5 Å². The van der Waals surface area contributed by atoms with E-state index in [1.54, 1.807) is 7.11 Å². The van der Waals surface area contributed by atoms with Crippen molar-refractivity contribution in [2.45, 2.75) is 31.7 Å². The van der Waals surface area contributed by atoms with Crippen LogP contribution in [0.5, 0.6) is 0 Å². The van der Waals surface area contributed by atoms with E-state index in [2.05, 4.69) is 40.9 Å². The van der Waals surface area contributed by atoms with Crippen LogP contribution < -0.4 is 5.32 Å². The smallest absolute Gasteiger partial charge is 0.165 e. The zero-order valence-electron chi connectivity index (χ0n) is 10.9. The number of nitrogens with zero attached hydrogens (tertiary/aromatic N) is 4. The first-order valence-corrected chi connectivity index (χ1v) is 6.81. The fraction of sp³-hybridized carbons (Fsp3) is 0.900. The normalized spacial score (nSPS) is 12.0. The minimum Gasteiger partial charge on any atom is -0.383 e. The number of tetrazole rings is 1. The number of thioether (sulfide) groups is 1. The van der Waals surface area contributed by atoms with Gasteiger partial charge >= 0.3 is 0 Å². The molecule has 1 rings (SSSR count). The Bertz CT molecular complexity index is 328. The molecule has 0 aromatic carbocycles. The van der Waals surface area contributed by atoms with E-state index in [9.17, 15) is 0 Å². The van der Waals surface area contributed by atoms with Gasteiger partial charge in [-0.15, -0.1) is 5.10 Å². The number of methoxy groups -OCH3 is 1. The zero-order chi connectivity index (χ0) is 12.7.